The maximum Gasteiger partial charge on any atom is 0.358 e. The first-order valence-corrected chi connectivity index (χ1v) is 13.1. The molecule has 3 aliphatic rings. The van der Waals surface area contributed by atoms with Crippen LogP contribution >= 0.6 is 23.5 Å². The number of thioether (sulfide) groups is 2. The number of aliphatic imine (C=N–C) groups is 1. The third-order valence-corrected chi connectivity index (χ3v) is 8.37. The number of likely N-dealkylation sites (tertiary alicyclic amines) is 1. The van der Waals surface area contributed by atoms with Crippen LogP contribution in [0.4, 0.5) is 0 Å². The Labute approximate surface area is 207 Å². The highest BCUT2D eigenvalue weighted by Crippen LogP contribution is 2.43. The Bertz CT molecular complexity index is 878. The number of carbonyl (C=O) groups excluding carboxylic acids is 2. The van der Waals surface area contributed by atoms with Gasteiger partial charge in [-0.2, -0.15) is 0 Å². The van der Waals surface area contributed by atoms with Gasteiger partial charge in [0.1, 0.15) is 11.6 Å². The smallest absolute Gasteiger partial charge is 0.358 e. The van der Waals surface area contributed by atoms with E-state index in [9.17, 15) is 24.6 Å². The molecule has 0 aliphatic carbocycles. The van der Waals surface area contributed by atoms with Gasteiger partial charge in [-0.15, -0.1) is 11.8 Å². The van der Waals surface area contributed by atoms with Crippen LogP contribution in [0.5, 0.6) is 0 Å². The molecule has 0 aromatic rings. The monoisotopic (exact) mass is 515 g/mol. The lowest BCUT2D eigenvalue weighted by Crippen LogP contribution is -2.51. The summed E-state index contributed by atoms with van der Waals surface area (Å²) in [6.45, 7) is 10.2. The van der Waals surface area contributed by atoms with Crippen molar-refractivity contribution in [1.82, 2.24) is 10.2 Å². The Morgan fingerprint density at radius 3 is 2.50 bits per heavy atom. The van der Waals surface area contributed by atoms with Crippen LogP contribution in [0, 0.1) is 17.3 Å². The van der Waals surface area contributed by atoms with Gasteiger partial charge >= 0.3 is 17.9 Å². The summed E-state index contributed by atoms with van der Waals surface area (Å²) in [5, 5.41) is 24.0. The average molecular weight is 516 g/mol. The van der Waals surface area contributed by atoms with Gasteiger partial charge < -0.3 is 29.9 Å². The van der Waals surface area contributed by atoms with E-state index in [-0.39, 0.29) is 16.9 Å². The summed E-state index contributed by atoms with van der Waals surface area (Å²) in [6, 6.07) is -0.689. The molecular formula is C22H33N3O7S2. The van der Waals surface area contributed by atoms with Gasteiger partial charge in [-0.1, -0.05) is 18.7 Å². The van der Waals surface area contributed by atoms with Crippen molar-refractivity contribution in [3.05, 3.63) is 10.6 Å². The van der Waals surface area contributed by atoms with Crippen molar-refractivity contribution in [3.63, 3.8) is 0 Å². The van der Waals surface area contributed by atoms with E-state index in [1.807, 2.05) is 6.92 Å². The Morgan fingerprint density at radius 1 is 1.29 bits per heavy atom. The van der Waals surface area contributed by atoms with Crippen molar-refractivity contribution in [2.45, 2.75) is 52.0 Å². The number of nitrogens with zero attached hydrogens (tertiary/aromatic N) is 2. The molecule has 34 heavy (non-hydrogen) atoms. The van der Waals surface area contributed by atoms with Gasteiger partial charge in [-0.25, -0.2) is 4.79 Å². The van der Waals surface area contributed by atoms with Gasteiger partial charge in [0.05, 0.1) is 18.1 Å². The minimum absolute atomic E-state index is 0.159. The lowest BCUT2D eigenvalue weighted by atomic mass is 9.87. The molecule has 0 amide bonds. The van der Waals surface area contributed by atoms with Gasteiger partial charge in [0.25, 0.3) is 0 Å². The number of carboxylic acids is 1. The molecule has 0 aromatic heterocycles. The lowest BCUT2D eigenvalue weighted by Gasteiger charge is -2.40. The molecule has 0 aromatic carbocycles. The van der Waals surface area contributed by atoms with Gasteiger partial charge in [0.2, 0.25) is 6.79 Å². The van der Waals surface area contributed by atoms with Gasteiger partial charge in [0, 0.05) is 41.0 Å². The molecule has 190 valence electrons. The fraction of sp³-hybridized carbons (Fsp3) is 0.727. The summed E-state index contributed by atoms with van der Waals surface area (Å²) >= 11 is 3.25. The van der Waals surface area contributed by atoms with E-state index in [1.165, 1.54) is 18.7 Å². The molecule has 4 atom stereocenters. The van der Waals surface area contributed by atoms with E-state index >= 15 is 0 Å². The Kier molecular flexibility index (Phi) is 8.46. The second-order valence-electron chi connectivity index (χ2n) is 9.69. The minimum atomic E-state index is -1.15. The van der Waals surface area contributed by atoms with E-state index in [0.29, 0.717) is 4.91 Å². The number of carbonyl (C=O) groups is 3. The van der Waals surface area contributed by atoms with Crippen molar-refractivity contribution in [2.24, 2.45) is 22.2 Å². The highest BCUT2D eigenvalue weighted by Gasteiger charge is 2.46. The summed E-state index contributed by atoms with van der Waals surface area (Å²) in [4.78, 5) is 44.1. The number of rotatable bonds is 8. The Morgan fingerprint density at radius 2 is 1.97 bits per heavy atom. The number of amidine groups is 1. The van der Waals surface area contributed by atoms with Crippen molar-refractivity contribution in [1.29, 1.82) is 0 Å². The lowest BCUT2D eigenvalue weighted by molar-refractivity contribution is -0.171. The fourth-order valence-corrected chi connectivity index (χ4v) is 6.30. The fourth-order valence-electron chi connectivity index (χ4n) is 3.93. The van der Waals surface area contributed by atoms with Crippen LogP contribution in [-0.2, 0) is 23.9 Å². The zero-order chi connectivity index (χ0) is 25.2. The molecule has 1 saturated heterocycles. The number of hydrogen-bond donors (Lipinski definition) is 3. The molecule has 3 heterocycles. The first kappa shape index (κ1) is 26.7. The summed E-state index contributed by atoms with van der Waals surface area (Å²) < 4.78 is 10.2. The summed E-state index contributed by atoms with van der Waals surface area (Å²) in [5.41, 5.74) is -0.575. The highest BCUT2D eigenvalue weighted by atomic mass is 32.2. The van der Waals surface area contributed by atoms with Crippen LogP contribution in [0.25, 0.3) is 0 Å². The molecule has 12 heteroatoms. The topological polar surface area (TPSA) is 138 Å². The zero-order valence-electron chi connectivity index (χ0n) is 20.1. The van der Waals surface area contributed by atoms with Crippen LogP contribution in [0.1, 0.15) is 34.6 Å². The van der Waals surface area contributed by atoms with E-state index in [2.05, 4.69) is 15.2 Å². The van der Waals surface area contributed by atoms with Crippen molar-refractivity contribution in [3.8, 4) is 0 Å². The van der Waals surface area contributed by atoms with Crippen LogP contribution in [0.2, 0.25) is 0 Å². The number of aliphatic hydroxyl groups excluding tert-OH is 1. The maximum atomic E-state index is 12.9. The predicted octanol–water partition coefficient (Wildman–Crippen LogP) is 1.50. The van der Waals surface area contributed by atoms with E-state index < -0.39 is 48.2 Å². The SMILES string of the molecule is CC(O)C(C(=O)O)[C@@H]1NC(C(=O)OCOC(=O)C(C)(C)C)=C(SC2CN(C3=NCCS3)C2)[C@@H]1C. The quantitative estimate of drug-likeness (QED) is 0.320. The second kappa shape index (κ2) is 10.8. The van der Waals surface area contributed by atoms with Crippen LogP contribution < -0.4 is 5.32 Å². The second-order valence-corrected chi connectivity index (χ2v) is 12.1. The summed E-state index contributed by atoms with van der Waals surface area (Å²) in [7, 11) is 0. The average Bonchev–Trinajstić information content (AvgIpc) is 3.32. The Balaban J connectivity index is 1.71. The van der Waals surface area contributed by atoms with Crippen LogP contribution in [0.3, 0.4) is 0 Å². The third-order valence-electron chi connectivity index (χ3n) is 5.88. The summed E-state index contributed by atoms with van der Waals surface area (Å²) in [5.74, 6) is -2.84. The normalized spacial score (nSPS) is 24.8. The number of carboxylic acid groups (broad SMARTS) is 1. The third kappa shape index (κ3) is 6.01. The number of ether oxygens (including phenoxy) is 2. The largest absolute Gasteiger partial charge is 0.481 e. The number of esters is 2. The zero-order valence-corrected chi connectivity index (χ0v) is 21.7. The standard InChI is InChI=1S/C22H33N3O7S2/c1-11-15(14(12(2)26)18(27)28)24-16(19(29)31-10-32-20(30)22(3,4)5)17(11)34-13-8-25(9-13)21-23-6-7-33-21/h11-15,24,26H,6-10H2,1-5H3,(H,27,28)/t11-,12?,14?,15-/m1/s1. The highest BCUT2D eigenvalue weighted by molar-refractivity contribution is 8.14. The van der Waals surface area contributed by atoms with Gasteiger partial charge in [-0.3, -0.25) is 14.6 Å². The Hall–Kier alpha value is -1.92. The molecule has 0 radical (unpaired) electrons. The van der Waals surface area contributed by atoms with E-state index in [1.54, 1.807) is 32.5 Å². The molecule has 0 saturated carbocycles. The number of aliphatic carboxylic acids is 1. The molecule has 0 bridgehead atoms. The molecule has 2 unspecified atom stereocenters. The summed E-state index contributed by atoms with van der Waals surface area (Å²) in [6.07, 6.45) is -1.12. The van der Waals surface area contributed by atoms with Gasteiger partial charge in [0.15, 0.2) is 5.17 Å². The number of nitrogens with one attached hydrogen (secondary N) is 1. The maximum absolute atomic E-state index is 12.9. The minimum Gasteiger partial charge on any atom is -0.481 e. The van der Waals surface area contributed by atoms with Crippen molar-refractivity contribution < 1.29 is 34.1 Å². The number of aliphatic hydroxyl groups is 1. The van der Waals surface area contributed by atoms with Crippen LogP contribution in [-0.4, -0.2) is 87.8 Å². The number of hydrogen-bond acceptors (Lipinski definition) is 11. The molecule has 3 rings (SSSR count). The van der Waals surface area contributed by atoms with Crippen molar-refractivity contribution in [2.75, 3.05) is 32.2 Å². The van der Waals surface area contributed by atoms with Gasteiger partial charge in [-0.05, 0) is 27.7 Å². The first-order valence-electron chi connectivity index (χ1n) is 11.2. The molecular weight excluding hydrogens is 482 g/mol. The van der Waals surface area contributed by atoms with Crippen LogP contribution in [0.15, 0.2) is 15.6 Å². The molecule has 10 nitrogen and oxygen atoms in total. The molecule has 1 fully saturated rings. The first-order chi connectivity index (χ1) is 15.9. The molecule has 3 aliphatic heterocycles. The molecule has 0 spiro atoms. The van der Waals surface area contributed by atoms with Crippen molar-refractivity contribution >= 4 is 46.6 Å². The van der Waals surface area contributed by atoms with E-state index in [0.717, 1.165) is 30.6 Å². The van der Waals surface area contributed by atoms with E-state index in [4.69, 9.17) is 9.47 Å². The molecule has 3 N–H and O–H groups in total. The predicted molar refractivity (Wildman–Crippen MR) is 130 cm³/mol.